The van der Waals surface area contributed by atoms with Crippen molar-refractivity contribution in [3.05, 3.63) is 0 Å². The molecule has 1 N–H and O–H groups in total. The molecule has 2 aliphatic carbocycles. The summed E-state index contributed by atoms with van der Waals surface area (Å²) in [5.74, 6) is 1.95. The maximum atomic E-state index is 3.86. The van der Waals surface area contributed by atoms with E-state index in [1.54, 1.807) is 0 Å². The van der Waals surface area contributed by atoms with E-state index in [1.807, 2.05) is 0 Å². The molecule has 0 bridgehead atoms. The smallest absolute Gasteiger partial charge is 0.0224 e. The molecule has 0 amide bonds. The SMILES string of the molecule is CC1CNC(C2CCCCC2)CN1C(C)C1CCC1. The Bertz CT molecular complexity index is 281. The van der Waals surface area contributed by atoms with E-state index in [9.17, 15) is 0 Å². The highest BCUT2D eigenvalue weighted by Gasteiger charge is 2.36. The van der Waals surface area contributed by atoms with Gasteiger partial charge < -0.3 is 5.32 Å². The van der Waals surface area contributed by atoms with Crippen molar-refractivity contribution in [2.45, 2.75) is 83.3 Å². The molecule has 0 aromatic rings. The number of hydrogen-bond acceptors (Lipinski definition) is 2. The summed E-state index contributed by atoms with van der Waals surface area (Å²) in [7, 11) is 0. The van der Waals surface area contributed by atoms with Gasteiger partial charge in [0, 0.05) is 31.2 Å². The van der Waals surface area contributed by atoms with Crippen molar-refractivity contribution in [3.8, 4) is 0 Å². The predicted molar refractivity (Wildman–Crippen MR) is 81.3 cm³/mol. The maximum Gasteiger partial charge on any atom is 0.0224 e. The molecule has 0 radical (unpaired) electrons. The second-order valence-corrected chi connectivity index (χ2v) is 7.39. The summed E-state index contributed by atoms with van der Waals surface area (Å²) < 4.78 is 0. The zero-order valence-electron chi connectivity index (χ0n) is 12.9. The Labute approximate surface area is 119 Å². The fourth-order valence-electron chi connectivity index (χ4n) is 4.52. The zero-order valence-corrected chi connectivity index (χ0v) is 12.9. The van der Waals surface area contributed by atoms with Crippen molar-refractivity contribution in [2.75, 3.05) is 13.1 Å². The van der Waals surface area contributed by atoms with Gasteiger partial charge in [0.2, 0.25) is 0 Å². The fraction of sp³-hybridized carbons (Fsp3) is 1.00. The minimum atomic E-state index is 0.732. The van der Waals surface area contributed by atoms with Crippen LogP contribution in [0.5, 0.6) is 0 Å². The summed E-state index contributed by atoms with van der Waals surface area (Å²) in [6.45, 7) is 7.42. The third-order valence-electron chi connectivity index (χ3n) is 6.22. The highest BCUT2D eigenvalue weighted by Crippen LogP contribution is 2.35. The third kappa shape index (κ3) is 3.00. The van der Waals surface area contributed by atoms with Crippen LogP contribution < -0.4 is 5.32 Å². The number of nitrogens with one attached hydrogen (secondary N) is 1. The van der Waals surface area contributed by atoms with Crippen LogP contribution in [0.4, 0.5) is 0 Å². The Balaban J connectivity index is 1.59. The van der Waals surface area contributed by atoms with Crippen LogP contribution in [-0.4, -0.2) is 36.1 Å². The summed E-state index contributed by atoms with van der Waals surface area (Å²) in [5.41, 5.74) is 0. The highest BCUT2D eigenvalue weighted by molar-refractivity contribution is 4.93. The van der Waals surface area contributed by atoms with E-state index < -0.39 is 0 Å². The molecule has 0 spiro atoms. The van der Waals surface area contributed by atoms with E-state index in [0.717, 1.165) is 30.0 Å². The number of piperazine rings is 1. The quantitative estimate of drug-likeness (QED) is 0.840. The second kappa shape index (κ2) is 6.13. The average molecular weight is 264 g/mol. The molecule has 2 saturated carbocycles. The van der Waals surface area contributed by atoms with Gasteiger partial charge in [0.15, 0.2) is 0 Å². The zero-order chi connectivity index (χ0) is 13.2. The Morgan fingerprint density at radius 3 is 2.37 bits per heavy atom. The van der Waals surface area contributed by atoms with Crippen molar-refractivity contribution < 1.29 is 0 Å². The normalized spacial score (nSPS) is 36.9. The highest BCUT2D eigenvalue weighted by atomic mass is 15.3. The Kier molecular flexibility index (Phi) is 4.48. The average Bonchev–Trinajstić information content (AvgIpc) is 2.38. The first-order valence-corrected chi connectivity index (χ1v) is 8.75. The van der Waals surface area contributed by atoms with Gasteiger partial charge >= 0.3 is 0 Å². The van der Waals surface area contributed by atoms with Crippen LogP contribution in [0.25, 0.3) is 0 Å². The third-order valence-corrected chi connectivity index (χ3v) is 6.22. The number of rotatable bonds is 3. The van der Waals surface area contributed by atoms with Crippen molar-refractivity contribution in [2.24, 2.45) is 11.8 Å². The lowest BCUT2D eigenvalue weighted by Gasteiger charge is -2.48. The summed E-state index contributed by atoms with van der Waals surface area (Å²) in [6, 6.07) is 2.33. The summed E-state index contributed by atoms with van der Waals surface area (Å²) in [6.07, 6.45) is 11.8. The van der Waals surface area contributed by atoms with Crippen LogP contribution in [0.3, 0.4) is 0 Å². The molecule has 1 heterocycles. The Morgan fingerprint density at radius 2 is 1.74 bits per heavy atom. The van der Waals surface area contributed by atoms with Gasteiger partial charge in [-0.3, -0.25) is 4.90 Å². The fourth-order valence-corrected chi connectivity index (χ4v) is 4.52. The summed E-state index contributed by atoms with van der Waals surface area (Å²) >= 11 is 0. The molecule has 3 aliphatic rings. The van der Waals surface area contributed by atoms with Gasteiger partial charge in [-0.05, 0) is 51.4 Å². The van der Waals surface area contributed by atoms with Crippen molar-refractivity contribution in [3.63, 3.8) is 0 Å². The van der Waals surface area contributed by atoms with Crippen molar-refractivity contribution in [1.82, 2.24) is 10.2 Å². The minimum absolute atomic E-state index is 0.732. The molecule has 2 nitrogen and oxygen atoms in total. The van der Waals surface area contributed by atoms with E-state index in [1.165, 1.54) is 64.5 Å². The van der Waals surface area contributed by atoms with Crippen LogP contribution in [0, 0.1) is 11.8 Å². The molecule has 3 fully saturated rings. The predicted octanol–water partition coefficient (Wildman–Crippen LogP) is 3.42. The lowest BCUT2D eigenvalue weighted by molar-refractivity contribution is 0.0285. The topological polar surface area (TPSA) is 15.3 Å². The molecule has 3 atom stereocenters. The van der Waals surface area contributed by atoms with E-state index in [-0.39, 0.29) is 0 Å². The molecular weight excluding hydrogens is 232 g/mol. The lowest BCUT2D eigenvalue weighted by Crippen LogP contribution is -2.61. The standard InChI is InChI=1S/C17H32N2/c1-13-11-18-17(16-7-4-3-5-8-16)12-19(13)14(2)15-9-6-10-15/h13-18H,3-12H2,1-2H3. The summed E-state index contributed by atoms with van der Waals surface area (Å²) in [4.78, 5) is 2.83. The van der Waals surface area contributed by atoms with Crippen LogP contribution in [-0.2, 0) is 0 Å². The number of hydrogen-bond donors (Lipinski definition) is 1. The van der Waals surface area contributed by atoms with Crippen LogP contribution >= 0.6 is 0 Å². The van der Waals surface area contributed by atoms with Gasteiger partial charge in [-0.1, -0.05) is 25.7 Å². The molecule has 2 heteroatoms. The van der Waals surface area contributed by atoms with Crippen LogP contribution in [0.2, 0.25) is 0 Å². The largest absolute Gasteiger partial charge is 0.311 e. The van der Waals surface area contributed by atoms with Gasteiger partial charge in [-0.25, -0.2) is 0 Å². The van der Waals surface area contributed by atoms with Crippen molar-refractivity contribution >= 4 is 0 Å². The lowest BCUT2D eigenvalue weighted by atomic mass is 9.78. The van der Waals surface area contributed by atoms with Gasteiger partial charge in [0.25, 0.3) is 0 Å². The van der Waals surface area contributed by atoms with Crippen molar-refractivity contribution in [1.29, 1.82) is 0 Å². The first kappa shape index (κ1) is 13.9. The summed E-state index contributed by atoms with van der Waals surface area (Å²) in [5, 5.41) is 3.86. The molecule has 0 aromatic heterocycles. The Morgan fingerprint density at radius 1 is 1.00 bits per heavy atom. The van der Waals surface area contributed by atoms with Gasteiger partial charge in [0.05, 0.1) is 0 Å². The van der Waals surface area contributed by atoms with Crippen LogP contribution in [0.15, 0.2) is 0 Å². The van der Waals surface area contributed by atoms with E-state index in [2.05, 4.69) is 24.1 Å². The van der Waals surface area contributed by atoms with Gasteiger partial charge in [0.1, 0.15) is 0 Å². The van der Waals surface area contributed by atoms with E-state index >= 15 is 0 Å². The first-order valence-electron chi connectivity index (χ1n) is 8.75. The van der Waals surface area contributed by atoms with E-state index in [0.29, 0.717) is 0 Å². The number of nitrogens with zero attached hydrogens (tertiary/aromatic N) is 1. The molecule has 110 valence electrons. The van der Waals surface area contributed by atoms with Gasteiger partial charge in [-0.2, -0.15) is 0 Å². The Hall–Kier alpha value is -0.0800. The van der Waals surface area contributed by atoms with Crippen LogP contribution in [0.1, 0.15) is 65.2 Å². The molecule has 19 heavy (non-hydrogen) atoms. The molecule has 1 aliphatic heterocycles. The monoisotopic (exact) mass is 264 g/mol. The molecular formula is C17H32N2. The molecule has 3 rings (SSSR count). The van der Waals surface area contributed by atoms with E-state index in [4.69, 9.17) is 0 Å². The van der Waals surface area contributed by atoms with Gasteiger partial charge in [-0.15, -0.1) is 0 Å². The molecule has 3 unspecified atom stereocenters. The minimum Gasteiger partial charge on any atom is -0.311 e. The molecule has 0 aromatic carbocycles. The first-order chi connectivity index (χ1) is 9.25. The molecule has 1 saturated heterocycles. The maximum absolute atomic E-state index is 3.86. The second-order valence-electron chi connectivity index (χ2n) is 7.39.